The number of carbonyl (C=O) groups excluding carboxylic acids is 1. The standard InChI is InChI=1S/C22H23N3O4S/c1-25-14-22(23-15-25)30(27,28)24-9-10-29-18-7-8-19-20(13-18)17(12-21(19)26)11-16-5-3-2-4-6-16/h2-8,13-15,17,24H,9-12H2,1H3. The highest BCUT2D eigenvalue weighted by atomic mass is 32.2. The van der Waals surface area contributed by atoms with Crippen LogP contribution in [0.3, 0.4) is 0 Å². The molecule has 0 aliphatic heterocycles. The van der Waals surface area contributed by atoms with Crippen LogP contribution in [-0.2, 0) is 23.5 Å². The molecule has 0 saturated heterocycles. The molecule has 1 aliphatic carbocycles. The average molecular weight is 426 g/mol. The van der Waals surface area contributed by atoms with Crippen molar-refractivity contribution in [2.75, 3.05) is 13.2 Å². The van der Waals surface area contributed by atoms with E-state index in [1.807, 2.05) is 24.3 Å². The van der Waals surface area contributed by atoms with Crippen LogP contribution in [0.15, 0.2) is 66.1 Å². The molecule has 3 aromatic rings. The van der Waals surface area contributed by atoms with Gasteiger partial charge in [-0.2, -0.15) is 0 Å². The number of hydrogen-bond donors (Lipinski definition) is 1. The van der Waals surface area contributed by atoms with Gasteiger partial charge in [0.1, 0.15) is 12.4 Å². The van der Waals surface area contributed by atoms with Crippen molar-refractivity contribution in [1.82, 2.24) is 14.3 Å². The van der Waals surface area contributed by atoms with Crippen molar-refractivity contribution in [1.29, 1.82) is 0 Å². The van der Waals surface area contributed by atoms with Gasteiger partial charge in [-0.05, 0) is 41.7 Å². The number of ketones is 1. The van der Waals surface area contributed by atoms with E-state index in [1.54, 1.807) is 23.7 Å². The maximum absolute atomic E-state index is 12.4. The third-order valence-electron chi connectivity index (χ3n) is 5.14. The lowest BCUT2D eigenvalue weighted by atomic mass is 9.93. The van der Waals surface area contributed by atoms with E-state index < -0.39 is 10.0 Å². The maximum Gasteiger partial charge on any atom is 0.259 e. The molecule has 156 valence electrons. The minimum absolute atomic E-state index is 0.0233. The summed E-state index contributed by atoms with van der Waals surface area (Å²) >= 11 is 0. The second-order valence-electron chi connectivity index (χ2n) is 7.39. The number of sulfonamides is 1. The average Bonchev–Trinajstić information content (AvgIpc) is 3.30. The molecule has 0 saturated carbocycles. The van der Waals surface area contributed by atoms with Crippen LogP contribution in [0.2, 0.25) is 0 Å². The summed E-state index contributed by atoms with van der Waals surface area (Å²) in [6.45, 7) is 0.282. The van der Waals surface area contributed by atoms with Crippen molar-refractivity contribution in [2.24, 2.45) is 7.05 Å². The molecule has 4 rings (SSSR count). The number of benzene rings is 2. The van der Waals surface area contributed by atoms with Crippen LogP contribution in [0, 0.1) is 0 Å². The molecule has 0 bridgehead atoms. The fourth-order valence-electron chi connectivity index (χ4n) is 3.69. The molecular formula is C22H23N3O4S. The number of aromatic nitrogens is 2. The molecule has 1 N–H and O–H groups in total. The van der Waals surface area contributed by atoms with E-state index in [-0.39, 0.29) is 29.9 Å². The van der Waals surface area contributed by atoms with Gasteiger partial charge in [0.2, 0.25) is 0 Å². The number of nitrogens with one attached hydrogen (secondary N) is 1. The summed E-state index contributed by atoms with van der Waals surface area (Å²) in [5.41, 5.74) is 2.94. The quantitative estimate of drug-likeness (QED) is 0.561. The molecule has 0 amide bonds. The van der Waals surface area contributed by atoms with E-state index in [1.165, 1.54) is 18.1 Å². The highest BCUT2D eigenvalue weighted by Gasteiger charge is 2.29. The first-order valence-electron chi connectivity index (χ1n) is 9.74. The SMILES string of the molecule is Cn1cnc(S(=O)(=O)NCCOc2ccc3c(c2)C(Cc2ccccc2)CC3=O)c1. The van der Waals surface area contributed by atoms with Crippen molar-refractivity contribution in [2.45, 2.75) is 23.8 Å². The van der Waals surface area contributed by atoms with Crippen LogP contribution < -0.4 is 9.46 Å². The summed E-state index contributed by atoms with van der Waals surface area (Å²) < 4.78 is 34.2. The highest BCUT2D eigenvalue weighted by Crippen LogP contribution is 2.37. The number of aryl methyl sites for hydroxylation is 1. The van der Waals surface area contributed by atoms with Gasteiger partial charge in [0, 0.05) is 31.8 Å². The number of carbonyl (C=O) groups is 1. The zero-order valence-corrected chi connectivity index (χ0v) is 17.4. The predicted molar refractivity (Wildman–Crippen MR) is 112 cm³/mol. The van der Waals surface area contributed by atoms with Crippen LogP contribution in [0.25, 0.3) is 0 Å². The Morgan fingerprint density at radius 3 is 2.73 bits per heavy atom. The topological polar surface area (TPSA) is 90.3 Å². The lowest BCUT2D eigenvalue weighted by Gasteiger charge is -2.13. The van der Waals surface area contributed by atoms with Crippen LogP contribution in [-0.4, -0.2) is 36.9 Å². The van der Waals surface area contributed by atoms with E-state index in [0.29, 0.717) is 12.2 Å². The first-order valence-corrected chi connectivity index (χ1v) is 11.2. The molecule has 1 aliphatic rings. The molecule has 1 heterocycles. The number of hydrogen-bond acceptors (Lipinski definition) is 5. The van der Waals surface area contributed by atoms with E-state index in [0.717, 1.165) is 17.5 Å². The fraction of sp³-hybridized carbons (Fsp3) is 0.273. The van der Waals surface area contributed by atoms with Crippen molar-refractivity contribution in [3.05, 3.63) is 77.7 Å². The third kappa shape index (κ3) is 4.44. The number of ether oxygens (including phenoxy) is 1. The lowest BCUT2D eigenvalue weighted by Crippen LogP contribution is -2.28. The number of nitrogens with zero attached hydrogens (tertiary/aromatic N) is 2. The molecule has 1 atom stereocenters. The van der Waals surface area contributed by atoms with Gasteiger partial charge in [0.25, 0.3) is 10.0 Å². The van der Waals surface area contributed by atoms with Crippen molar-refractivity contribution >= 4 is 15.8 Å². The van der Waals surface area contributed by atoms with Crippen LogP contribution in [0.4, 0.5) is 0 Å². The van der Waals surface area contributed by atoms with Gasteiger partial charge >= 0.3 is 0 Å². The smallest absolute Gasteiger partial charge is 0.259 e. The molecular weight excluding hydrogens is 402 g/mol. The molecule has 8 heteroatoms. The van der Waals surface area contributed by atoms with Gasteiger partial charge in [0.05, 0.1) is 6.33 Å². The molecule has 7 nitrogen and oxygen atoms in total. The monoisotopic (exact) mass is 425 g/mol. The third-order valence-corrected chi connectivity index (χ3v) is 6.49. The van der Waals surface area contributed by atoms with Crippen LogP contribution in [0.1, 0.15) is 33.8 Å². The first-order chi connectivity index (χ1) is 14.4. The Labute approximate surface area is 175 Å². The predicted octanol–water partition coefficient (Wildman–Crippen LogP) is 2.69. The van der Waals surface area contributed by atoms with Gasteiger partial charge in [-0.25, -0.2) is 18.1 Å². The van der Waals surface area contributed by atoms with Gasteiger partial charge < -0.3 is 9.30 Å². The first kappa shape index (κ1) is 20.3. The molecule has 2 aromatic carbocycles. The van der Waals surface area contributed by atoms with Gasteiger partial charge in [-0.1, -0.05) is 30.3 Å². The normalized spacial score (nSPS) is 15.9. The molecule has 0 fully saturated rings. The number of Topliss-reactive ketones (excluding diaryl/α,β-unsaturated/α-hetero) is 1. The lowest BCUT2D eigenvalue weighted by molar-refractivity contribution is 0.0989. The molecule has 30 heavy (non-hydrogen) atoms. The Kier molecular flexibility index (Phi) is 5.69. The van der Waals surface area contributed by atoms with E-state index >= 15 is 0 Å². The number of imidazole rings is 1. The second kappa shape index (κ2) is 8.41. The molecule has 1 aromatic heterocycles. The summed E-state index contributed by atoms with van der Waals surface area (Å²) in [5, 5.41) is -0.0233. The van der Waals surface area contributed by atoms with Gasteiger partial charge in [0.15, 0.2) is 10.8 Å². The number of rotatable bonds is 8. The highest BCUT2D eigenvalue weighted by molar-refractivity contribution is 7.89. The number of fused-ring (bicyclic) bond motifs is 1. The Balaban J connectivity index is 1.38. The molecule has 1 unspecified atom stereocenters. The summed E-state index contributed by atoms with van der Waals surface area (Å²) in [6.07, 6.45) is 4.17. The summed E-state index contributed by atoms with van der Waals surface area (Å²) in [4.78, 5) is 16.2. The van der Waals surface area contributed by atoms with E-state index in [2.05, 4.69) is 21.8 Å². The molecule has 0 spiro atoms. The largest absolute Gasteiger partial charge is 0.492 e. The second-order valence-corrected chi connectivity index (χ2v) is 9.10. The van der Waals surface area contributed by atoms with E-state index in [9.17, 15) is 13.2 Å². The van der Waals surface area contributed by atoms with Gasteiger partial charge in [-0.15, -0.1) is 0 Å². The van der Waals surface area contributed by atoms with Crippen LogP contribution in [0.5, 0.6) is 5.75 Å². The summed E-state index contributed by atoms with van der Waals surface area (Å²) in [6, 6.07) is 15.6. The Morgan fingerprint density at radius 2 is 2.00 bits per heavy atom. The van der Waals surface area contributed by atoms with Crippen molar-refractivity contribution in [3.8, 4) is 5.75 Å². The Hall–Kier alpha value is -2.97. The minimum Gasteiger partial charge on any atom is -0.492 e. The fourth-order valence-corrected chi connectivity index (χ4v) is 4.68. The maximum atomic E-state index is 12.4. The zero-order chi connectivity index (χ0) is 21.1. The minimum atomic E-state index is -3.66. The summed E-state index contributed by atoms with van der Waals surface area (Å²) in [5.74, 6) is 0.903. The Morgan fingerprint density at radius 1 is 1.20 bits per heavy atom. The van der Waals surface area contributed by atoms with Crippen molar-refractivity contribution in [3.63, 3.8) is 0 Å². The van der Waals surface area contributed by atoms with Crippen LogP contribution >= 0.6 is 0 Å². The molecule has 0 radical (unpaired) electrons. The van der Waals surface area contributed by atoms with Crippen molar-refractivity contribution < 1.29 is 17.9 Å². The zero-order valence-electron chi connectivity index (χ0n) is 16.6. The summed E-state index contributed by atoms with van der Waals surface area (Å²) in [7, 11) is -1.95. The van der Waals surface area contributed by atoms with Gasteiger partial charge in [-0.3, -0.25) is 4.79 Å². The Bertz CT molecular complexity index is 1160. The van der Waals surface area contributed by atoms with E-state index in [4.69, 9.17) is 4.74 Å².